The fraction of sp³-hybridized carbons (Fsp3) is 0.500. The number of benzene rings is 1. The van der Waals surface area contributed by atoms with E-state index in [1.807, 2.05) is 19.1 Å². The van der Waals surface area contributed by atoms with Crippen LogP contribution in [0.2, 0.25) is 0 Å². The Morgan fingerprint density at radius 3 is 3.00 bits per heavy atom. The molecule has 27 heavy (non-hydrogen) atoms. The van der Waals surface area contributed by atoms with Crippen LogP contribution in [-0.4, -0.2) is 66.6 Å². The van der Waals surface area contributed by atoms with Crippen molar-refractivity contribution in [1.29, 1.82) is 0 Å². The van der Waals surface area contributed by atoms with Gasteiger partial charge in [-0.15, -0.1) is 11.3 Å². The predicted octanol–water partition coefficient (Wildman–Crippen LogP) is 3.63. The third-order valence-corrected chi connectivity index (χ3v) is 6.09. The highest BCUT2D eigenvalue weighted by Crippen LogP contribution is 2.37. The molecule has 1 aromatic carbocycles. The van der Waals surface area contributed by atoms with E-state index in [4.69, 9.17) is 14.7 Å². The second-order valence-electron chi connectivity index (χ2n) is 7.05. The summed E-state index contributed by atoms with van der Waals surface area (Å²) >= 11 is 1.69. The molecular formula is C20H27N5OS. The van der Waals surface area contributed by atoms with Gasteiger partial charge in [-0.25, -0.2) is 9.98 Å². The van der Waals surface area contributed by atoms with Crippen LogP contribution in [-0.2, 0) is 4.74 Å². The van der Waals surface area contributed by atoms with Gasteiger partial charge in [-0.1, -0.05) is 12.1 Å². The van der Waals surface area contributed by atoms with E-state index in [1.54, 1.807) is 11.3 Å². The van der Waals surface area contributed by atoms with Gasteiger partial charge in [0, 0.05) is 38.9 Å². The van der Waals surface area contributed by atoms with Crippen LogP contribution in [0.4, 0.5) is 16.4 Å². The molecule has 1 N–H and O–H groups in total. The first-order valence-electron chi connectivity index (χ1n) is 9.61. The first-order valence-corrected chi connectivity index (χ1v) is 10.4. The number of likely N-dealkylation sites (N-methyl/N-ethyl adjacent to an activating group) is 1. The van der Waals surface area contributed by atoms with Gasteiger partial charge in [0.05, 0.1) is 16.4 Å². The Balaban J connectivity index is 1.65. The van der Waals surface area contributed by atoms with Gasteiger partial charge in [0.25, 0.3) is 0 Å². The lowest BCUT2D eigenvalue weighted by atomic mass is 10.1. The molecule has 4 rings (SSSR count). The molecular weight excluding hydrogens is 358 g/mol. The fourth-order valence-corrected chi connectivity index (χ4v) is 4.49. The highest BCUT2D eigenvalue weighted by atomic mass is 32.1. The molecule has 0 bridgehead atoms. The van der Waals surface area contributed by atoms with E-state index in [2.05, 4.69) is 41.2 Å². The van der Waals surface area contributed by atoms with E-state index >= 15 is 0 Å². The smallest absolute Gasteiger partial charge is 0.158 e. The molecule has 0 spiro atoms. The number of fused-ring (bicyclic) bond motifs is 2. The lowest BCUT2D eigenvalue weighted by Gasteiger charge is -2.40. The number of amidine groups is 1. The van der Waals surface area contributed by atoms with Gasteiger partial charge in [-0.2, -0.15) is 0 Å². The fourth-order valence-electron chi connectivity index (χ4n) is 3.66. The van der Waals surface area contributed by atoms with Gasteiger partial charge in [-0.05, 0) is 39.4 Å². The van der Waals surface area contributed by atoms with Crippen molar-refractivity contribution in [3.63, 3.8) is 0 Å². The zero-order chi connectivity index (χ0) is 18.8. The van der Waals surface area contributed by atoms with E-state index < -0.39 is 0 Å². The molecule has 2 aromatic rings. The SMILES string of the molecule is CCOCCC1CN(C2=Nc3ccccc3Nc3sc(C)nc32)CCN1C. The quantitative estimate of drug-likeness (QED) is 0.815. The second kappa shape index (κ2) is 7.96. The minimum absolute atomic E-state index is 0.461. The first-order chi connectivity index (χ1) is 13.2. The van der Waals surface area contributed by atoms with Gasteiger partial charge in [0.1, 0.15) is 10.7 Å². The van der Waals surface area contributed by atoms with Crippen LogP contribution < -0.4 is 5.32 Å². The van der Waals surface area contributed by atoms with Crippen molar-refractivity contribution < 1.29 is 4.74 Å². The van der Waals surface area contributed by atoms with E-state index in [1.165, 1.54) is 0 Å². The van der Waals surface area contributed by atoms with Crippen LogP contribution in [0.25, 0.3) is 0 Å². The third-order valence-electron chi connectivity index (χ3n) is 5.20. The van der Waals surface area contributed by atoms with Crippen LogP contribution in [0, 0.1) is 6.92 Å². The number of hydrogen-bond acceptors (Lipinski definition) is 7. The molecule has 1 unspecified atom stereocenters. The Hall–Kier alpha value is -1.96. The number of para-hydroxylation sites is 2. The average Bonchev–Trinajstić information content (AvgIpc) is 2.95. The summed E-state index contributed by atoms with van der Waals surface area (Å²) in [7, 11) is 2.21. The normalized spacial score (nSPS) is 19.7. The molecule has 1 aromatic heterocycles. The van der Waals surface area contributed by atoms with Gasteiger partial charge < -0.3 is 15.0 Å². The Bertz CT molecular complexity index is 834. The Morgan fingerprint density at radius 1 is 1.30 bits per heavy atom. The molecule has 1 fully saturated rings. The number of anilines is 2. The summed E-state index contributed by atoms with van der Waals surface area (Å²) in [6.45, 7) is 8.60. The Kier molecular flexibility index (Phi) is 5.43. The predicted molar refractivity (Wildman–Crippen MR) is 112 cm³/mol. The molecule has 2 aliphatic rings. The number of piperazine rings is 1. The monoisotopic (exact) mass is 385 g/mol. The van der Waals surface area contributed by atoms with E-state index in [0.717, 1.165) is 72.2 Å². The van der Waals surface area contributed by atoms with Crippen LogP contribution in [0.1, 0.15) is 24.0 Å². The van der Waals surface area contributed by atoms with Gasteiger partial charge in [0.15, 0.2) is 5.84 Å². The summed E-state index contributed by atoms with van der Waals surface area (Å²) in [5.74, 6) is 0.987. The third kappa shape index (κ3) is 3.85. The topological polar surface area (TPSA) is 53.0 Å². The number of hydrogen-bond donors (Lipinski definition) is 1. The molecule has 0 radical (unpaired) electrons. The van der Waals surface area contributed by atoms with Crippen LogP contribution >= 0.6 is 11.3 Å². The molecule has 6 nitrogen and oxygen atoms in total. The number of thiazole rings is 1. The lowest BCUT2D eigenvalue weighted by molar-refractivity contribution is 0.0843. The summed E-state index contributed by atoms with van der Waals surface area (Å²) in [4.78, 5) is 14.7. The number of nitrogens with zero attached hydrogens (tertiary/aromatic N) is 4. The summed E-state index contributed by atoms with van der Waals surface area (Å²) in [5, 5.41) is 5.68. The van der Waals surface area contributed by atoms with E-state index in [0.29, 0.717) is 6.04 Å². The maximum Gasteiger partial charge on any atom is 0.158 e. The van der Waals surface area contributed by atoms with Crippen molar-refractivity contribution in [2.45, 2.75) is 26.3 Å². The maximum absolute atomic E-state index is 5.60. The number of aryl methyl sites for hydroxylation is 1. The first kappa shape index (κ1) is 18.4. The van der Waals surface area contributed by atoms with Gasteiger partial charge in [-0.3, -0.25) is 4.90 Å². The molecule has 3 heterocycles. The zero-order valence-electron chi connectivity index (χ0n) is 16.2. The number of ether oxygens (including phenoxy) is 1. The summed E-state index contributed by atoms with van der Waals surface area (Å²) in [6, 6.07) is 8.68. The van der Waals surface area contributed by atoms with Gasteiger partial charge in [0.2, 0.25) is 0 Å². The molecule has 0 aliphatic carbocycles. The minimum Gasteiger partial charge on any atom is -0.382 e. The number of rotatable bonds is 4. The summed E-state index contributed by atoms with van der Waals surface area (Å²) in [5.41, 5.74) is 2.99. The van der Waals surface area contributed by atoms with Crippen LogP contribution in [0.15, 0.2) is 29.3 Å². The molecule has 144 valence electrons. The van der Waals surface area contributed by atoms with E-state index in [-0.39, 0.29) is 0 Å². The number of aliphatic imine (C=N–C) groups is 1. The number of nitrogens with one attached hydrogen (secondary N) is 1. The zero-order valence-corrected chi connectivity index (χ0v) is 17.1. The van der Waals surface area contributed by atoms with Crippen LogP contribution in [0.3, 0.4) is 0 Å². The summed E-state index contributed by atoms with van der Waals surface area (Å²) in [6.07, 6.45) is 1.03. The van der Waals surface area contributed by atoms with Gasteiger partial charge >= 0.3 is 0 Å². The second-order valence-corrected chi connectivity index (χ2v) is 8.26. The highest BCUT2D eigenvalue weighted by Gasteiger charge is 2.30. The van der Waals surface area contributed by atoms with Crippen LogP contribution in [0.5, 0.6) is 0 Å². The number of aromatic nitrogens is 1. The van der Waals surface area contributed by atoms with Crippen molar-refractivity contribution in [2.24, 2.45) is 4.99 Å². The molecule has 1 saturated heterocycles. The van der Waals surface area contributed by atoms with Crippen molar-refractivity contribution in [2.75, 3.05) is 45.2 Å². The lowest BCUT2D eigenvalue weighted by Crippen LogP contribution is -2.53. The highest BCUT2D eigenvalue weighted by molar-refractivity contribution is 7.16. The maximum atomic E-state index is 5.60. The largest absolute Gasteiger partial charge is 0.382 e. The minimum atomic E-state index is 0.461. The summed E-state index contributed by atoms with van der Waals surface area (Å²) < 4.78 is 5.60. The standard InChI is InChI=1S/C20H27N5OS/c1-4-26-12-9-15-13-25(11-10-24(15)3)19-18-20(27-14(2)21-18)23-17-8-6-5-7-16(17)22-19/h5-8,15,23H,4,9-13H2,1-3H3. The van der Waals surface area contributed by atoms with Crippen molar-refractivity contribution in [1.82, 2.24) is 14.8 Å². The molecule has 0 amide bonds. The molecule has 7 heteroatoms. The molecule has 2 aliphatic heterocycles. The van der Waals surface area contributed by atoms with Crippen molar-refractivity contribution >= 4 is 33.5 Å². The Labute approximate surface area is 164 Å². The van der Waals surface area contributed by atoms with Crippen molar-refractivity contribution in [3.8, 4) is 0 Å². The average molecular weight is 386 g/mol. The molecule has 0 saturated carbocycles. The molecule has 1 atom stereocenters. The van der Waals surface area contributed by atoms with Crippen molar-refractivity contribution in [3.05, 3.63) is 35.0 Å². The van der Waals surface area contributed by atoms with E-state index in [9.17, 15) is 0 Å². The Morgan fingerprint density at radius 2 is 2.15 bits per heavy atom.